The summed E-state index contributed by atoms with van der Waals surface area (Å²) >= 11 is 0. The third-order valence-electron chi connectivity index (χ3n) is 11.1. The van der Waals surface area contributed by atoms with Gasteiger partial charge in [0.05, 0.1) is 52.9 Å². The summed E-state index contributed by atoms with van der Waals surface area (Å²) in [5.74, 6) is 0. The molecule has 1 N–H and O–H groups in total. The monoisotopic (exact) mass is 852 g/mol. The van der Waals surface area contributed by atoms with Crippen molar-refractivity contribution in [2.24, 2.45) is 0 Å². The van der Waals surface area contributed by atoms with Crippen molar-refractivity contribution >= 4 is 0 Å². The van der Waals surface area contributed by atoms with E-state index in [1.807, 2.05) is 182 Å². The standard InChI is InChI=1S/C53H56O10/c54-52-50(49(59-35-43-27-15-5-16-28-43)47(57-33-41-23-11-3-12-24-41)45(61-52)37-55-31-39-19-7-1-8-20-39)63-53-51(60-36-44-29-17-6-18-30-44)48(58-34-42-25-13-4-14-26-42)46(62-53)38-56-32-40-21-9-2-10-22-40/h1-30,45-54H,31-38H2/t45-,46-,47-,48-,49+,50+,51+,52+,53+/m1/s1. The largest absolute Gasteiger partial charge is 0.374 e. The minimum absolute atomic E-state index is 0.127. The Morgan fingerprint density at radius 2 is 0.635 bits per heavy atom. The Bertz CT molecular complexity index is 2150. The van der Waals surface area contributed by atoms with E-state index in [1.165, 1.54) is 0 Å². The molecule has 10 heteroatoms. The predicted octanol–water partition coefficient (Wildman–Crippen LogP) is 8.59. The van der Waals surface area contributed by atoms with E-state index < -0.39 is 55.3 Å². The highest BCUT2D eigenvalue weighted by Gasteiger charge is 2.53. The molecule has 8 rings (SSSR count). The Labute approximate surface area is 370 Å². The number of hydrogen-bond acceptors (Lipinski definition) is 10. The molecule has 0 spiro atoms. The van der Waals surface area contributed by atoms with Crippen molar-refractivity contribution in [1.29, 1.82) is 0 Å². The zero-order chi connectivity index (χ0) is 42.9. The molecule has 328 valence electrons. The third-order valence-corrected chi connectivity index (χ3v) is 11.1. The second-order valence-electron chi connectivity index (χ2n) is 15.8. The van der Waals surface area contributed by atoms with Crippen molar-refractivity contribution in [1.82, 2.24) is 0 Å². The maximum Gasteiger partial charge on any atom is 0.187 e. The molecule has 0 saturated carbocycles. The number of aliphatic hydroxyl groups excluding tert-OH is 1. The Balaban J connectivity index is 1.09. The molecule has 2 saturated heterocycles. The number of benzene rings is 6. The van der Waals surface area contributed by atoms with Gasteiger partial charge in [0.2, 0.25) is 0 Å². The first kappa shape index (κ1) is 44.5. The van der Waals surface area contributed by atoms with Crippen LogP contribution in [0.2, 0.25) is 0 Å². The fourth-order valence-electron chi connectivity index (χ4n) is 7.83. The molecule has 0 radical (unpaired) electrons. The fourth-order valence-corrected chi connectivity index (χ4v) is 7.83. The average molecular weight is 853 g/mol. The van der Waals surface area contributed by atoms with Crippen LogP contribution >= 0.6 is 0 Å². The van der Waals surface area contributed by atoms with Gasteiger partial charge in [-0.15, -0.1) is 0 Å². The number of aliphatic hydroxyl groups is 1. The van der Waals surface area contributed by atoms with Crippen molar-refractivity contribution in [2.45, 2.75) is 94.9 Å². The van der Waals surface area contributed by atoms with Gasteiger partial charge in [0.1, 0.15) is 42.7 Å². The van der Waals surface area contributed by atoms with Crippen molar-refractivity contribution in [2.75, 3.05) is 13.2 Å². The first-order chi connectivity index (χ1) is 31.2. The molecule has 6 aromatic rings. The van der Waals surface area contributed by atoms with E-state index in [2.05, 4.69) is 0 Å². The highest BCUT2D eigenvalue weighted by Crippen LogP contribution is 2.35. The Kier molecular flexibility index (Phi) is 16.7. The molecular weight excluding hydrogens is 797 g/mol. The predicted molar refractivity (Wildman–Crippen MR) is 237 cm³/mol. The molecule has 0 aliphatic carbocycles. The molecule has 0 amide bonds. The smallest absolute Gasteiger partial charge is 0.187 e. The van der Waals surface area contributed by atoms with Gasteiger partial charge in [-0.25, -0.2) is 0 Å². The minimum Gasteiger partial charge on any atom is -0.374 e. The molecular formula is C53H56O10. The lowest BCUT2D eigenvalue weighted by molar-refractivity contribution is -0.343. The van der Waals surface area contributed by atoms with Crippen LogP contribution in [0.1, 0.15) is 33.4 Å². The summed E-state index contributed by atoms with van der Waals surface area (Å²) in [5.41, 5.74) is 5.93. The summed E-state index contributed by atoms with van der Waals surface area (Å²) < 4.78 is 59.7. The SMILES string of the molecule is O[C@H]1O[C@H](COCc2ccccc2)[C@@H](OCc2ccccc2)[C@H](OCc2ccccc2)[C@@H]1O[C@@H]1O[C@H](COCc2ccccc2)[C@@H](OCc2ccccc2)[C@@H]1OCc1ccccc1. The number of ether oxygens (including phenoxy) is 9. The Morgan fingerprint density at radius 1 is 0.333 bits per heavy atom. The van der Waals surface area contributed by atoms with Crippen LogP contribution in [0.25, 0.3) is 0 Å². The second-order valence-corrected chi connectivity index (χ2v) is 15.8. The number of hydrogen-bond donors (Lipinski definition) is 1. The van der Waals surface area contributed by atoms with Crippen LogP contribution in [0, 0.1) is 0 Å². The van der Waals surface area contributed by atoms with Gasteiger partial charge < -0.3 is 47.7 Å². The van der Waals surface area contributed by atoms with E-state index >= 15 is 0 Å². The molecule has 63 heavy (non-hydrogen) atoms. The molecule has 9 atom stereocenters. The summed E-state index contributed by atoms with van der Waals surface area (Å²) in [6, 6.07) is 59.6. The summed E-state index contributed by atoms with van der Waals surface area (Å²) in [5, 5.41) is 12.0. The maximum absolute atomic E-state index is 12.0. The van der Waals surface area contributed by atoms with Gasteiger partial charge in [-0.2, -0.15) is 0 Å². The summed E-state index contributed by atoms with van der Waals surface area (Å²) in [6.45, 7) is 2.11. The molecule has 10 nitrogen and oxygen atoms in total. The van der Waals surface area contributed by atoms with Gasteiger partial charge in [-0.3, -0.25) is 0 Å². The molecule has 2 aliphatic heterocycles. The zero-order valence-electron chi connectivity index (χ0n) is 35.3. The highest BCUT2D eigenvalue weighted by atomic mass is 16.8. The second kappa shape index (κ2) is 23.6. The number of rotatable bonds is 22. The lowest BCUT2D eigenvalue weighted by Gasteiger charge is -2.45. The molecule has 0 bridgehead atoms. The fraction of sp³-hybridized carbons (Fsp3) is 0.321. The molecule has 0 aromatic heterocycles. The Morgan fingerprint density at radius 3 is 1.02 bits per heavy atom. The summed E-state index contributed by atoms with van der Waals surface area (Å²) in [4.78, 5) is 0. The molecule has 2 aliphatic rings. The van der Waals surface area contributed by atoms with E-state index in [4.69, 9.17) is 42.6 Å². The Hall–Kier alpha value is -5.08. The van der Waals surface area contributed by atoms with Gasteiger partial charge in [-0.1, -0.05) is 182 Å². The van der Waals surface area contributed by atoms with Gasteiger partial charge in [-0.05, 0) is 33.4 Å². The van der Waals surface area contributed by atoms with Gasteiger partial charge >= 0.3 is 0 Å². The molecule has 2 heterocycles. The van der Waals surface area contributed by atoms with E-state index in [0.29, 0.717) is 19.8 Å². The van der Waals surface area contributed by atoms with Crippen LogP contribution in [0.3, 0.4) is 0 Å². The van der Waals surface area contributed by atoms with E-state index in [9.17, 15) is 5.11 Å². The van der Waals surface area contributed by atoms with Crippen LogP contribution in [-0.2, 0) is 82.3 Å². The van der Waals surface area contributed by atoms with Crippen molar-refractivity contribution in [3.05, 3.63) is 215 Å². The molecule has 0 unspecified atom stereocenters. The van der Waals surface area contributed by atoms with Crippen molar-refractivity contribution in [3.63, 3.8) is 0 Å². The van der Waals surface area contributed by atoms with Crippen LogP contribution < -0.4 is 0 Å². The van der Waals surface area contributed by atoms with E-state index in [-0.39, 0.29) is 33.0 Å². The molecule has 2 fully saturated rings. The van der Waals surface area contributed by atoms with Crippen molar-refractivity contribution in [3.8, 4) is 0 Å². The van der Waals surface area contributed by atoms with Gasteiger partial charge in [0, 0.05) is 0 Å². The normalized spacial score (nSPS) is 24.6. The quantitative estimate of drug-likeness (QED) is 0.0715. The highest BCUT2D eigenvalue weighted by molar-refractivity contribution is 5.18. The van der Waals surface area contributed by atoms with Gasteiger partial charge in [0.15, 0.2) is 12.6 Å². The van der Waals surface area contributed by atoms with Gasteiger partial charge in [0.25, 0.3) is 0 Å². The first-order valence-electron chi connectivity index (χ1n) is 21.7. The first-order valence-corrected chi connectivity index (χ1v) is 21.7. The minimum atomic E-state index is -1.46. The maximum atomic E-state index is 12.0. The van der Waals surface area contributed by atoms with Crippen LogP contribution in [-0.4, -0.2) is 73.6 Å². The van der Waals surface area contributed by atoms with Crippen LogP contribution in [0.4, 0.5) is 0 Å². The molecule has 6 aromatic carbocycles. The zero-order valence-corrected chi connectivity index (χ0v) is 35.3. The van der Waals surface area contributed by atoms with Crippen molar-refractivity contribution < 1.29 is 47.7 Å². The average Bonchev–Trinajstić information content (AvgIpc) is 3.66. The third kappa shape index (κ3) is 13.0. The lowest BCUT2D eigenvalue weighted by Crippen LogP contribution is -2.62. The topological polar surface area (TPSA) is 103 Å². The summed E-state index contributed by atoms with van der Waals surface area (Å²) in [6.07, 6.45) is -7.86. The van der Waals surface area contributed by atoms with E-state index in [1.54, 1.807) is 0 Å². The van der Waals surface area contributed by atoms with Crippen LogP contribution in [0.15, 0.2) is 182 Å². The lowest BCUT2D eigenvalue weighted by atomic mass is 9.97. The van der Waals surface area contributed by atoms with Crippen LogP contribution in [0.5, 0.6) is 0 Å². The summed E-state index contributed by atoms with van der Waals surface area (Å²) in [7, 11) is 0. The van der Waals surface area contributed by atoms with E-state index in [0.717, 1.165) is 33.4 Å².